The summed E-state index contributed by atoms with van der Waals surface area (Å²) in [7, 11) is 0. The maximum absolute atomic E-state index is 13.0. The zero-order valence-corrected chi connectivity index (χ0v) is 20.8. The smallest absolute Gasteiger partial charge is 0.275 e. The molecule has 1 amide bonds. The third kappa shape index (κ3) is 5.78. The molecule has 0 unspecified atom stereocenters. The van der Waals surface area contributed by atoms with Crippen LogP contribution >= 0.6 is 23.6 Å². The molecule has 4 rings (SSSR count). The molecule has 1 fully saturated rings. The zero-order chi connectivity index (χ0) is 23.2. The molecular formula is C26H30N4OS2. The molecule has 0 saturated carbocycles. The van der Waals surface area contributed by atoms with Gasteiger partial charge in [-0.25, -0.2) is 4.98 Å². The summed E-state index contributed by atoms with van der Waals surface area (Å²) in [5, 5.41) is 10.2. The highest BCUT2D eigenvalue weighted by atomic mass is 32.1. The van der Waals surface area contributed by atoms with E-state index in [1.54, 1.807) is 11.3 Å². The standard InChI is InChI=1S/C26H30N4OS2/c1-3-13-27-26(32)30-14-11-20(12-15-30)25-29-23(17-33-25)24(31)28-22-10-9-18(2)16-21(22)19-7-5-4-6-8-19/h4-10,16-17,20H,3,11-15H2,1-2H3,(H,27,32)(H,28,31). The topological polar surface area (TPSA) is 57.3 Å². The van der Waals surface area contributed by atoms with Gasteiger partial charge in [-0.05, 0) is 56.1 Å². The normalized spacial score (nSPS) is 14.2. The Morgan fingerprint density at radius 1 is 1.18 bits per heavy atom. The molecule has 2 heterocycles. The van der Waals surface area contributed by atoms with Gasteiger partial charge in [0.1, 0.15) is 5.69 Å². The Balaban J connectivity index is 1.41. The van der Waals surface area contributed by atoms with Gasteiger partial charge in [-0.1, -0.05) is 48.9 Å². The fraction of sp³-hybridized carbons (Fsp3) is 0.346. The van der Waals surface area contributed by atoms with E-state index < -0.39 is 0 Å². The summed E-state index contributed by atoms with van der Waals surface area (Å²) in [6.07, 6.45) is 3.06. The Bertz CT molecular complexity index is 1100. The van der Waals surface area contributed by atoms with Crippen molar-refractivity contribution in [2.45, 2.75) is 39.0 Å². The predicted octanol–water partition coefficient (Wildman–Crippen LogP) is 5.83. The Hall–Kier alpha value is -2.77. The Morgan fingerprint density at radius 2 is 1.94 bits per heavy atom. The second-order valence-electron chi connectivity index (χ2n) is 8.43. The van der Waals surface area contributed by atoms with Crippen LogP contribution in [0.3, 0.4) is 0 Å². The number of rotatable bonds is 6. The van der Waals surface area contributed by atoms with E-state index in [1.165, 1.54) is 0 Å². The molecule has 7 heteroatoms. The van der Waals surface area contributed by atoms with Crippen molar-refractivity contribution >= 4 is 40.3 Å². The first-order valence-corrected chi connectivity index (χ1v) is 12.8. The van der Waals surface area contributed by atoms with E-state index in [1.807, 2.05) is 35.7 Å². The maximum atomic E-state index is 13.0. The summed E-state index contributed by atoms with van der Waals surface area (Å²) in [5.41, 5.74) is 4.52. The van der Waals surface area contributed by atoms with Crippen molar-refractivity contribution < 1.29 is 4.79 Å². The van der Waals surface area contributed by atoms with E-state index in [0.29, 0.717) is 11.6 Å². The van der Waals surface area contributed by atoms with E-state index in [2.05, 4.69) is 47.6 Å². The van der Waals surface area contributed by atoms with Crippen molar-refractivity contribution in [1.82, 2.24) is 15.2 Å². The van der Waals surface area contributed by atoms with Crippen molar-refractivity contribution in [1.29, 1.82) is 0 Å². The van der Waals surface area contributed by atoms with Gasteiger partial charge in [0.05, 0.1) is 5.01 Å². The van der Waals surface area contributed by atoms with Crippen LogP contribution in [0.15, 0.2) is 53.9 Å². The molecule has 1 saturated heterocycles. The lowest BCUT2D eigenvalue weighted by molar-refractivity contribution is 0.102. The lowest BCUT2D eigenvalue weighted by atomic mass is 9.98. The van der Waals surface area contributed by atoms with Crippen molar-refractivity contribution in [2.24, 2.45) is 0 Å². The lowest BCUT2D eigenvalue weighted by Crippen LogP contribution is -2.44. The summed E-state index contributed by atoms with van der Waals surface area (Å²) in [5.74, 6) is 0.210. The van der Waals surface area contributed by atoms with Crippen LogP contribution in [-0.2, 0) is 0 Å². The molecular weight excluding hydrogens is 448 g/mol. The molecule has 2 N–H and O–H groups in total. The van der Waals surface area contributed by atoms with Gasteiger partial charge in [0.2, 0.25) is 0 Å². The molecule has 0 atom stereocenters. The van der Waals surface area contributed by atoms with Gasteiger partial charge in [0.15, 0.2) is 5.11 Å². The minimum Gasteiger partial charge on any atom is -0.363 e. The van der Waals surface area contributed by atoms with Gasteiger partial charge in [-0.2, -0.15) is 0 Å². The molecule has 0 spiro atoms. The molecule has 1 aromatic heterocycles. The van der Waals surface area contributed by atoms with E-state index >= 15 is 0 Å². The fourth-order valence-electron chi connectivity index (χ4n) is 4.06. The molecule has 5 nitrogen and oxygen atoms in total. The summed E-state index contributed by atoms with van der Waals surface area (Å²) in [4.78, 5) is 20.0. The zero-order valence-electron chi connectivity index (χ0n) is 19.1. The minimum atomic E-state index is -0.166. The number of nitrogens with one attached hydrogen (secondary N) is 2. The van der Waals surface area contributed by atoms with Gasteiger partial charge in [-0.15, -0.1) is 11.3 Å². The number of thiocarbonyl (C=S) groups is 1. The highest BCUT2D eigenvalue weighted by Crippen LogP contribution is 2.32. The lowest BCUT2D eigenvalue weighted by Gasteiger charge is -2.33. The molecule has 2 aromatic carbocycles. The number of aromatic nitrogens is 1. The van der Waals surface area contributed by atoms with E-state index in [9.17, 15) is 4.79 Å². The van der Waals surface area contributed by atoms with Gasteiger partial charge < -0.3 is 15.5 Å². The molecule has 0 bridgehead atoms. The Morgan fingerprint density at radius 3 is 2.67 bits per heavy atom. The largest absolute Gasteiger partial charge is 0.363 e. The molecule has 0 radical (unpaired) electrons. The summed E-state index contributed by atoms with van der Waals surface area (Å²) in [6, 6.07) is 16.2. The van der Waals surface area contributed by atoms with Crippen LogP contribution in [0.1, 0.15) is 53.2 Å². The van der Waals surface area contributed by atoms with Crippen molar-refractivity contribution in [3.05, 3.63) is 70.2 Å². The van der Waals surface area contributed by atoms with Crippen LogP contribution in [0.2, 0.25) is 0 Å². The molecule has 3 aromatic rings. The van der Waals surface area contributed by atoms with Gasteiger partial charge in [0, 0.05) is 42.2 Å². The summed E-state index contributed by atoms with van der Waals surface area (Å²) in [6.45, 7) is 6.95. The third-order valence-corrected chi connectivity index (χ3v) is 7.33. The monoisotopic (exact) mass is 478 g/mol. The Kier molecular flexibility index (Phi) is 7.73. The van der Waals surface area contributed by atoms with E-state index in [-0.39, 0.29) is 5.91 Å². The second kappa shape index (κ2) is 10.9. The number of hydrogen-bond donors (Lipinski definition) is 2. The molecule has 1 aliphatic heterocycles. The molecule has 172 valence electrons. The van der Waals surface area contributed by atoms with Gasteiger partial charge in [-0.3, -0.25) is 4.79 Å². The summed E-state index contributed by atoms with van der Waals surface area (Å²) < 4.78 is 0. The van der Waals surface area contributed by atoms with Crippen LogP contribution in [0.5, 0.6) is 0 Å². The van der Waals surface area contributed by atoms with Crippen LogP contribution in [-0.4, -0.2) is 40.5 Å². The number of hydrogen-bond acceptors (Lipinski definition) is 4. The van der Waals surface area contributed by atoms with Crippen molar-refractivity contribution in [3.63, 3.8) is 0 Å². The van der Waals surface area contributed by atoms with Crippen LogP contribution in [0.4, 0.5) is 5.69 Å². The maximum Gasteiger partial charge on any atom is 0.275 e. The minimum absolute atomic E-state index is 0.166. The quantitative estimate of drug-likeness (QED) is 0.436. The number of nitrogens with zero attached hydrogens (tertiary/aromatic N) is 2. The number of thiazole rings is 1. The fourth-order valence-corrected chi connectivity index (χ4v) is 5.32. The third-order valence-electron chi connectivity index (χ3n) is 5.92. The highest BCUT2D eigenvalue weighted by Gasteiger charge is 2.25. The predicted molar refractivity (Wildman–Crippen MR) is 141 cm³/mol. The van der Waals surface area contributed by atoms with Gasteiger partial charge >= 0.3 is 0 Å². The number of amides is 1. The Labute approximate surface area is 205 Å². The van der Waals surface area contributed by atoms with Crippen LogP contribution < -0.4 is 10.6 Å². The first-order chi connectivity index (χ1) is 16.0. The number of piperidine rings is 1. The number of likely N-dealkylation sites (tertiary alicyclic amines) is 1. The number of anilines is 1. The number of benzene rings is 2. The number of carbonyl (C=O) groups is 1. The number of carbonyl (C=O) groups excluding carboxylic acids is 1. The SMILES string of the molecule is CCCNC(=S)N1CCC(c2nc(C(=O)Nc3ccc(C)cc3-c3ccccc3)cs2)CC1. The molecule has 1 aliphatic rings. The van der Waals surface area contributed by atoms with E-state index in [0.717, 1.165) is 71.4 Å². The van der Waals surface area contributed by atoms with E-state index in [4.69, 9.17) is 17.2 Å². The summed E-state index contributed by atoms with van der Waals surface area (Å²) >= 11 is 7.08. The molecule has 33 heavy (non-hydrogen) atoms. The van der Waals surface area contributed by atoms with Crippen LogP contribution in [0, 0.1) is 6.92 Å². The average Bonchev–Trinajstić information content (AvgIpc) is 3.35. The average molecular weight is 479 g/mol. The highest BCUT2D eigenvalue weighted by molar-refractivity contribution is 7.80. The first-order valence-electron chi connectivity index (χ1n) is 11.5. The molecule has 0 aliphatic carbocycles. The van der Waals surface area contributed by atoms with Crippen molar-refractivity contribution in [2.75, 3.05) is 25.0 Å². The van der Waals surface area contributed by atoms with Gasteiger partial charge in [0.25, 0.3) is 5.91 Å². The van der Waals surface area contributed by atoms with Crippen molar-refractivity contribution in [3.8, 4) is 11.1 Å². The van der Waals surface area contributed by atoms with Crippen LogP contribution in [0.25, 0.3) is 11.1 Å². The number of aryl methyl sites for hydroxylation is 1. The first kappa shape index (κ1) is 23.4. The second-order valence-corrected chi connectivity index (χ2v) is 9.71.